The number of aryl methyl sites for hydroxylation is 1. The lowest BCUT2D eigenvalue weighted by atomic mass is 10.2. The molecule has 0 fully saturated rings. The Morgan fingerprint density at radius 2 is 2.08 bits per heavy atom. The van der Waals surface area contributed by atoms with E-state index in [2.05, 4.69) is 10.3 Å². The van der Waals surface area contributed by atoms with E-state index in [0.717, 1.165) is 12.1 Å². The fourth-order valence-electron chi connectivity index (χ4n) is 2.42. The Kier molecular flexibility index (Phi) is 4.25. The molecule has 3 aromatic rings. The van der Waals surface area contributed by atoms with Gasteiger partial charge in [-0.3, -0.25) is 4.79 Å². The average molecular weight is 353 g/mol. The number of benzene rings is 1. The number of imidazole rings is 1. The number of aromatic nitrogens is 2. The Morgan fingerprint density at radius 3 is 2.72 bits per heavy atom. The Hall–Kier alpha value is -2.81. The van der Waals surface area contributed by atoms with E-state index >= 15 is 0 Å². The third-order valence-electron chi connectivity index (χ3n) is 3.75. The number of hydrogen-bond acceptors (Lipinski definition) is 4. The highest BCUT2D eigenvalue weighted by Crippen LogP contribution is 2.31. The molecule has 0 atom stereocenters. The van der Waals surface area contributed by atoms with Crippen molar-refractivity contribution in [2.75, 3.05) is 0 Å². The lowest BCUT2D eigenvalue weighted by Crippen LogP contribution is -2.23. The molecule has 2 heterocycles. The van der Waals surface area contributed by atoms with Gasteiger partial charge in [-0.25, -0.2) is 4.98 Å². The van der Waals surface area contributed by atoms with Crippen LogP contribution in [0.15, 0.2) is 34.7 Å². The van der Waals surface area contributed by atoms with E-state index in [1.54, 1.807) is 11.6 Å². The van der Waals surface area contributed by atoms with Gasteiger partial charge in [-0.05, 0) is 30.3 Å². The third kappa shape index (κ3) is 3.36. The lowest BCUT2D eigenvalue weighted by Gasteiger charge is -2.06. The zero-order valence-corrected chi connectivity index (χ0v) is 13.1. The molecule has 0 bridgehead atoms. The Morgan fingerprint density at radius 1 is 1.32 bits per heavy atom. The van der Waals surface area contributed by atoms with Crippen molar-refractivity contribution in [3.63, 3.8) is 0 Å². The minimum atomic E-state index is -4.44. The van der Waals surface area contributed by atoms with Gasteiger partial charge in [-0.2, -0.15) is 13.2 Å². The number of carbonyl (C=O) groups is 1. The van der Waals surface area contributed by atoms with Gasteiger partial charge >= 0.3 is 6.18 Å². The van der Waals surface area contributed by atoms with Crippen LogP contribution >= 0.6 is 0 Å². The molecular weight excluding hydrogens is 339 g/mol. The predicted octanol–water partition coefficient (Wildman–Crippen LogP) is 2.61. The number of hydrogen-bond donors (Lipinski definition) is 2. The molecule has 2 N–H and O–H groups in total. The van der Waals surface area contributed by atoms with Gasteiger partial charge in [0.15, 0.2) is 5.76 Å². The zero-order valence-electron chi connectivity index (χ0n) is 13.1. The Balaban J connectivity index is 1.79. The van der Waals surface area contributed by atoms with Gasteiger partial charge in [0.05, 0.1) is 23.1 Å². The molecule has 0 saturated carbocycles. The molecule has 0 spiro atoms. The standard InChI is InChI=1S/C16H14F3N3O3/c1-22-12-4-2-9(16(17,18)19)6-11(12)21-14(22)7-20-15(24)13-5-3-10(8-23)25-13/h2-6,23H,7-8H2,1H3,(H,20,24). The Bertz CT molecular complexity index is 928. The van der Waals surface area contributed by atoms with Crippen molar-refractivity contribution in [2.24, 2.45) is 7.05 Å². The number of nitrogens with one attached hydrogen (secondary N) is 1. The van der Waals surface area contributed by atoms with Gasteiger partial charge < -0.3 is 19.4 Å². The summed E-state index contributed by atoms with van der Waals surface area (Å²) < 4.78 is 45.0. The number of amides is 1. The highest BCUT2D eigenvalue weighted by molar-refractivity contribution is 5.91. The number of aliphatic hydroxyl groups excluding tert-OH is 1. The minimum Gasteiger partial charge on any atom is -0.453 e. The van der Waals surface area contributed by atoms with Crippen LogP contribution in [0.1, 0.15) is 27.7 Å². The second-order valence-corrected chi connectivity index (χ2v) is 5.40. The maximum Gasteiger partial charge on any atom is 0.416 e. The summed E-state index contributed by atoms with van der Waals surface area (Å²) in [5.74, 6) is 0.175. The molecule has 25 heavy (non-hydrogen) atoms. The van der Waals surface area contributed by atoms with Gasteiger partial charge in [-0.15, -0.1) is 0 Å². The van der Waals surface area contributed by atoms with Crippen molar-refractivity contribution in [3.05, 3.63) is 53.2 Å². The summed E-state index contributed by atoms with van der Waals surface area (Å²) in [6.07, 6.45) is -4.44. The molecule has 0 saturated heterocycles. The third-order valence-corrected chi connectivity index (χ3v) is 3.75. The normalized spacial score (nSPS) is 11.9. The number of fused-ring (bicyclic) bond motifs is 1. The van der Waals surface area contributed by atoms with Crippen LogP contribution in [0.3, 0.4) is 0 Å². The summed E-state index contributed by atoms with van der Waals surface area (Å²) in [7, 11) is 1.65. The van der Waals surface area contributed by atoms with Crippen LogP contribution in [0.4, 0.5) is 13.2 Å². The average Bonchev–Trinajstić information content (AvgIpc) is 3.16. The molecule has 3 rings (SSSR count). The molecular formula is C16H14F3N3O3. The molecule has 0 aliphatic rings. The van der Waals surface area contributed by atoms with E-state index in [1.807, 2.05) is 0 Å². The van der Waals surface area contributed by atoms with Crippen molar-refractivity contribution in [1.82, 2.24) is 14.9 Å². The molecule has 1 amide bonds. The number of alkyl halides is 3. The van der Waals surface area contributed by atoms with Crippen molar-refractivity contribution in [1.29, 1.82) is 0 Å². The number of furan rings is 1. The Labute approximate surface area is 139 Å². The molecule has 1 aromatic carbocycles. The molecule has 2 aromatic heterocycles. The summed E-state index contributed by atoms with van der Waals surface area (Å²) in [4.78, 5) is 16.1. The summed E-state index contributed by atoms with van der Waals surface area (Å²) in [5.41, 5.74) is -0.0549. The van der Waals surface area contributed by atoms with E-state index in [9.17, 15) is 18.0 Å². The fourth-order valence-corrected chi connectivity index (χ4v) is 2.42. The SMILES string of the molecule is Cn1c(CNC(=O)c2ccc(CO)o2)nc2cc(C(F)(F)F)ccc21. The van der Waals surface area contributed by atoms with Crippen molar-refractivity contribution in [3.8, 4) is 0 Å². The van der Waals surface area contributed by atoms with Crippen LogP contribution in [-0.2, 0) is 26.4 Å². The topological polar surface area (TPSA) is 80.3 Å². The van der Waals surface area contributed by atoms with E-state index in [0.29, 0.717) is 11.3 Å². The van der Waals surface area contributed by atoms with E-state index in [1.165, 1.54) is 18.2 Å². The first-order chi connectivity index (χ1) is 11.8. The maximum atomic E-state index is 12.8. The van der Waals surface area contributed by atoms with Gasteiger partial charge in [0.1, 0.15) is 18.2 Å². The first-order valence-electron chi connectivity index (χ1n) is 7.30. The van der Waals surface area contributed by atoms with Crippen LogP contribution in [-0.4, -0.2) is 20.6 Å². The molecule has 0 unspecified atom stereocenters. The molecule has 0 aliphatic carbocycles. The fraction of sp³-hybridized carbons (Fsp3) is 0.250. The maximum absolute atomic E-state index is 12.8. The number of carbonyl (C=O) groups excluding carboxylic acids is 1. The highest BCUT2D eigenvalue weighted by Gasteiger charge is 2.31. The van der Waals surface area contributed by atoms with Crippen molar-refractivity contribution in [2.45, 2.75) is 19.3 Å². The van der Waals surface area contributed by atoms with E-state index in [4.69, 9.17) is 9.52 Å². The van der Waals surface area contributed by atoms with Crippen molar-refractivity contribution >= 4 is 16.9 Å². The summed E-state index contributed by atoms with van der Waals surface area (Å²) in [6.45, 7) is -0.305. The molecule has 6 nitrogen and oxygen atoms in total. The minimum absolute atomic E-state index is 0.0144. The van der Waals surface area contributed by atoms with Crippen molar-refractivity contribution < 1.29 is 27.5 Å². The number of rotatable bonds is 4. The number of halogens is 3. The van der Waals surface area contributed by atoms with E-state index < -0.39 is 17.6 Å². The lowest BCUT2D eigenvalue weighted by molar-refractivity contribution is -0.137. The van der Waals surface area contributed by atoms with Crippen LogP contribution < -0.4 is 5.32 Å². The second-order valence-electron chi connectivity index (χ2n) is 5.40. The van der Waals surface area contributed by atoms with Gasteiger partial charge in [0, 0.05) is 7.05 Å². The van der Waals surface area contributed by atoms with E-state index in [-0.39, 0.29) is 30.2 Å². The van der Waals surface area contributed by atoms with Crippen LogP contribution in [0, 0.1) is 0 Å². The van der Waals surface area contributed by atoms with Crippen LogP contribution in [0.5, 0.6) is 0 Å². The molecule has 0 aliphatic heterocycles. The van der Waals surface area contributed by atoms with Gasteiger partial charge in [0.25, 0.3) is 5.91 Å². The largest absolute Gasteiger partial charge is 0.453 e. The summed E-state index contributed by atoms with van der Waals surface area (Å²) >= 11 is 0. The first kappa shape index (κ1) is 17.0. The summed E-state index contributed by atoms with van der Waals surface area (Å²) in [6, 6.07) is 6.21. The second kappa shape index (κ2) is 6.25. The summed E-state index contributed by atoms with van der Waals surface area (Å²) in [5, 5.41) is 11.5. The van der Waals surface area contributed by atoms with Crippen LogP contribution in [0.25, 0.3) is 11.0 Å². The first-order valence-corrected chi connectivity index (χ1v) is 7.30. The zero-order chi connectivity index (χ0) is 18.2. The van der Waals surface area contributed by atoms with Gasteiger partial charge in [-0.1, -0.05) is 0 Å². The predicted molar refractivity (Wildman–Crippen MR) is 81.5 cm³/mol. The smallest absolute Gasteiger partial charge is 0.416 e. The number of aliphatic hydroxyl groups is 1. The molecule has 132 valence electrons. The number of nitrogens with zero attached hydrogens (tertiary/aromatic N) is 2. The monoisotopic (exact) mass is 353 g/mol. The highest BCUT2D eigenvalue weighted by atomic mass is 19.4. The molecule has 0 radical (unpaired) electrons. The van der Waals surface area contributed by atoms with Crippen LogP contribution in [0.2, 0.25) is 0 Å². The quantitative estimate of drug-likeness (QED) is 0.756. The van der Waals surface area contributed by atoms with Gasteiger partial charge in [0.2, 0.25) is 0 Å². The molecule has 9 heteroatoms.